The Morgan fingerprint density at radius 2 is 1.16 bits per heavy atom. The van der Waals surface area contributed by atoms with Crippen molar-refractivity contribution in [3.05, 3.63) is 121 Å². The number of nitrogens with zero attached hydrogens (tertiary/aromatic N) is 10. The van der Waals surface area contributed by atoms with E-state index in [0.717, 1.165) is 36.0 Å². The highest BCUT2D eigenvalue weighted by Crippen LogP contribution is 2.47. The van der Waals surface area contributed by atoms with Crippen molar-refractivity contribution in [3.8, 4) is 28.6 Å². The number of carbonyl (C=O) groups is 4. The molecule has 80 heavy (non-hydrogen) atoms. The largest absolute Gasteiger partial charge is 0.463 e. The molecule has 30 heteroatoms. The molecule has 0 amide bonds. The monoisotopic (exact) mass is 1270 g/mol. The maximum Gasteiger partial charge on any atom is 0.303 e. The van der Waals surface area contributed by atoms with Crippen LogP contribution >= 0.6 is 74.3 Å². The van der Waals surface area contributed by atoms with Crippen molar-refractivity contribution in [2.75, 3.05) is 13.2 Å². The summed E-state index contributed by atoms with van der Waals surface area (Å²) in [5.74, 6) is -6.98. The second-order valence-corrected chi connectivity index (χ2v) is 22.0. The molecule has 0 radical (unpaired) electrons. The first kappa shape index (κ1) is 61.2. The van der Waals surface area contributed by atoms with Crippen LogP contribution in [0.4, 0.5) is 23.4 Å². The summed E-state index contributed by atoms with van der Waals surface area (Å²) < 4.78 is 94.0. The maximum atomic E-state index is 14.1. The molecule has 0 aliphatic carbocycles. The number of esters is 4. The molecule has 6 aromatic rings. The van der Waals surface area contributed by atoms with E-state index in [1.807, 2.05) is 13.0 Å². The summed E-state index contributed by atoms with van der Waals surface area (Å²) in [6.45, 7) is 15.5. The van der Waals surface area contributed by atoms with Crippen LogP contribution in [0.1, 0.15) is 59.3 Å². The number of halogens is 8. The molecule has 2 aliphatic heterocycles. The minimum absolute atomic E-state index is 0.0866. The van der Waals surface area contributed by atoms with Gasteiger partial charge in [0.1, 0.15) is 93.3 Å². The van der Waals surface area contributed by atoms with E-state index in [1.54, 1.807) is 19.1 Å². The summed E-state index contributed by atoms with van der Waals surface area (Å²) in [5, 5.41) is 24.7. The molecule has 6 heterocycles. The molecule has 0 bridgehead atoms. The Morgan fingerprint density at radius 1 is 0.713 bits per heavy atom. The number of hydrogen-bond acceptors (Lipinski definition) is 19. The Kier molecular flexibility index (Phi) is 20.6. The van der Waals surface area contributed by atoms with Gasteiger partial charge in [0.2, 0.25) is 0 Å². The number of benzene rings is 2. The lowest BCUT2D eigenvalue weighted by molar-refractivity contribution is -0.192. The molecule has 2 aromatic carbocycles. The fourth-order valence-corrected chi connectivity index (χ4v) is 11.8. The number of thioether (sulfide) groups is 2. The molecule has 2 fully saturated rings. The standard InChI is InChI=1S/C25H21BrClF2N5O5S.C25H21Cl2F2N5O5S/c1-11-23(34-9-20(32-33-34)14-4-17(28)22(27)18(29)5-14)24(38-13(3)36)21(10-37-12(2)35)39-25(11)40-15-6-16(26)19(7-30)31-8-15;1-11-22(34-9-18(32-33-34)14-5-16(28)21(27)17(29)6-14)23(38-13(3)36)19(10-37-12(2)35)39-25(11)40-20-7-15(26)8-31-24(20)30-4/h4-6,8-9,11,21,23-25H,10H2,1-3H3;5-9,11,19,22-23,25H,10H2,1-3H3/t11?,21?,23-,24+,25-;11?,19?,22-,23+,25-/m11/s1. The van der Waals surface area contributed by atoms with Gasteiger partial charge in [0, 0.05) is 66.6 Å². The van der Waals surface area contributed by atoms with Crippen molar-refractivity contribution in [2.45, 2.75) is 98.7 Å². The number of hydrogen-bond donors (Lipinski definition) is 0. The zero-order valence-electron chi connectivity index (χ0n) is 42.4. The first-order chi connectivity index (χ1) is 38.0. The average molecular weight is 1270 g/mol. The number of aromatic nitrogens is 8. The third kappa shape index (κ3) is 14.7. The van der Waals surface area contributed by atoms with E-state index in [4.69, 9.17) is 69.8 Å². The lowest BCUT2D eigenvalue weighted by atomic mass is 9.90. The molecule has 10 atom stereocenters. The first-order valence-electron chi connectivity index (χ1n) is 23.4. The van der Waals surface area contributed by atoms with Crippen molar-refractivity contribution in [1.29, 1.82) is 5.26 Å². The summed E-state index contributed by atoms with van der Waals surface area (Å²) in [7, 11) is 0. The highest BCUT2D eigenvalue weighted by atomic mass is 79.9. The van der Waals surface area contributed by atoms with E-state index in [0.29, 0.717) is 19.3 Å². The topological polar surface area (TPSA) is 239 Å². The third-order valence-corrected chi connectivity index (χ3v) is 16.1. The van der Waals surface area contributed by atoms with E-state index in [1.165, 1.54) is 73.6 Å². The van der Waals surface area contributed by atoms with Crippen LogP contribution in [0.5, 0.6) is 0 Å². The Bertz CT molecular complexity index is 3370. The van der Waals surface area contributed by atoms with Gasteiger partial charge in [0.15, 0.2) is 17.9 Å². The second kappa shape index (κ2) is 26.9. The van der Waals surface area contributed by atoms with Gasteiger partial charge in [0.05, 0.1) is 34.0 Å². The molecule has 2 aliphatic rings. The summed E-state index contributed by atoms with van der Waals surface area (Å²) in [6, 6.07) is 7.95. The molecule has 20 nitrogen and oxygen atoms in total. The predicted octanol–water partition coefficient (Wildman–Crippen LogP) is 10.8. The number of rotatable bonds is 14. The van der Waals surface area contributed by atoms with Crippen LogP contribution < -0.4 is 0 Å². The number of carbonyl (C=O) groups excluding carboxylic acids is 4. The number of pyridine rings is 2. The van der Waals surface area contributed by atoms with Gasteiger partial charge in [-0.15, -0.1) is 26.9 Å². The van der Waals surface area contributed by atoms with Crippen LogP contribution in [0.15, 0.2) is 75.4 Å². The number of nitriles is 1. The van der Waals surface area contributed by atoms with Gasteiger partial charge in [-0.2, -0.15) is 5.26 Å². The molecule has 8 rings (SSSR count). The zero-order chi connectivity index (χ0) is 58.3. The SMILES string of the molecule is CC(=O)OCC1O[C@H](Sc2cnc(C#N)c(Br)c2)C(C)[C@@H](n2cc(-c3cc(F)c(Cl)c(F)c3)nn2)[C@H]1OC(C)=O.[C-]#[N+]c1ncc(Cl)cc1S[C@H]1OC(COC(C)=O)[C@H](OC(C)=O)[C@H](n2cc(-c3cc(F)c(Cl)c(F)c3)nn2)C1C. The van der Waals surface area contributed by atoms with E-state index in [2.05, 4.69) is 51.4 Å². The molecule has 0 spiro atoms. The second-order valence-electron chi connectivity index (χ2n) is 17.6. The van der Waals surface area contributed by atoms with Crippen LogP contribution in [0.3, 0.4) is 0 Å². The Morgan fingerprint density at radius 3 is 1.56 bits per heavy atom. The van der Waals surface area contributed by atoms with Gasteiger partial charge in [0.25, 0.3) is 5.82 Å². The van der Waals surface area contributed by atoms with Crippen molar-refractivity contribution in [2.24, 2.45) is 11.8 Å². The van der Waals surface area contributed by atoms with E-state index < -0.39 is 116 Å². The van der Waals surface area contributed by atoms with E-state index in [9.17, 15) is 42.0 Å². The highest BCUT2D eigenvalue weighted by molar-refractivity contribution is 9.10. The summed E-state index contributed by atoms with van der Waals surface area (Å²) in [4.78, 5) is 60.2. The highest BCUT2D eigenvalue weighted by Gasteiger charge is 2.50. The smallest absolute Gasteiger partial charge is 0.303 e. The Labute approximate surface area is 485 Å². The predicted molar refractivity (Wildman–Crippen MR) is 283 cm³/mol. The minimum atomic E-state index is -1.00. The van der Waals surface area contributed by atoms with Crippen molar-refractivity contribution >= 4 is 104 Å². The van der Waals surface area contributed by atoms with Gasteiger partial charge < -0.3 is 33.3 Å². The molecular weight excluding hydrogens is 1230 g/mol. The van der Waals surface area contributed by atoms with Gasteiger partial charge >= 0.3 is 23.9 Å². The van der Waals surface area contributed by atoms with Crippen molar-refractivity contribution in [3.63, 3.8) is 0 Å². The third-order valence-electron chi connectivity index (χ3n) is 12.0. The molecule has 0 saturated carbocycles. The van der Waals surface area contributed by atoms with E-state index >= 15 is 0 Å². The molecule has 4 aromatic heterocycles. The van der Waals surface area contributed by atoms with Crippen LogP contribution in [0.25, 0.3) is 27.4 Å². The molecule has 2 saturated heterocycles. The lowest BCUT2D eigenvalue weighted by Gasteiger charge is -2.44. The summed E-state index contributed by atoms with van der Waals surface area (Å²) >= 11 is 23.1. The lowest BCUT2D eigenvalue weighted by Crippen LogP contribution is -2.53. The van der Waals surface area contributed by atoms with Crippen LogP contribution in [-0.4, -0.2) is 112 Å². The molecule has 420 valence electrons. The van der Waals surface area contributed by atoms with Crippen LogP contribution in [0.2, 0.25) is 15.1 Å². The van der Waals surface area contributed by atoms with E-state index in [-0.39, 0.29) is 47.2 Å². The van der Waals surface area contributed by atoms with Gasteiger partial charge in [-0.05, 0) is 52.3 Å². The van der Waals surface area contributed by atoms with Crippen LogP contribution in [0, 0.1) is 53.0 Å². The molecule has 4 unspecified atom stereocenters. The van der Waals surface area contributed by atoms with Crippen LogP contribution in [-0.2, 0) is 47.6 Å². The molecule has 0 N–H and O–H groups in total. The van der Waals surface area contributed by atoms with Crippen molar-refractivity contribution < 1.29 is 65.2 Å². The van der Waals surface area contributed by atoms with Gasteiger partial charge in [-0.25, -0.2) is 31.9 Å². The normalized spacial score (nSPS) is 22.4. The van der Waals surface area contributed by atoms with Gasteiger partial charge in [-0.1, -0.05) is 77.4 Å². The summed E-state index contributed by atoms with van der Waals surface area (Å²) in [5.41, 5.74) is -0.615. The quantitative estimate of drug-likeness (QED) is 0.0324. The summed E-state index contributed by atoms with van der Waals surface area (Å²) in [6.07, 6.45) is 1.96. The van der Waals surface area contributed by atoms with Crippen molar-refractivity contribution in [1.82, 2.24) is 40.0 Å². The maximum absolute atomic E-state index is 14.1. The Balaban J connectivity index is 0.000000231. The Hall–Kier alpha value is -6.43. The molecular formula is C50H42BrCl3F4N10O10S2. The zero-order valence-corrected chi connectivity index (χ0v) is 47.8. The fourth-order valence-electron chi connectivity index (χ4n) is 8.43. The number of ether oxygens (including phenoxy) is 6. The fraction of sp³-hybridized carbons (Fsp3) is 0.360. The van der Waals surface area contributed by atoms with Gasteiger partial charge in [-0.3, -0.25) is 19.2 Å². The first-order valence-corrected chi connectivity index (χ1v) is 27.1. The minimum Gasteiger partial charge on any atom is -0.463 e. The average Bonchev–Trinajstić information content (AvgIpc) is 4.16.